The van der Waals surface area contributed by atoms with E-state index in [1.54, 1.807) is 0 Å². The summed E-state index contributed by atoms with van der Waals surface area (Å²) < 4.78 is 0. The zero-order valence-corrected chi connectivity index (χ0v) is 12.7. The molecule has 0 aromatic carbocycles. The first-order valence-electron chi connectivity index (χ1n) is 7.33. The number of rotatable bonds is 7. The molecule has 0 saturated carbocycles. The van der Waals surface area contributed by atoms with Gasteiger partial charge in [0.05, 0.1) is 5.69 Å². The number of nitrogens with zero attached hydrogens (tertiary/aromatic N) is 2. The maximum absolute atomic E-state index is 4.41. The van der Waals surface area contributed by atoms with Crippen LogP contribution in [0.2, 0.25) is 0 Å². The minimum absolute atomic E-state index is 0.870. The molecule has 3 nitrogen and oxygen atoms in total. The largest absolute Gasteiger partial charge is 0.317 e. The second-order valence-corrected chi connectivity index (χ2v) is 6.42. The summed E-state index contributed by atoms with van der Waals surface area (Å²) >= 11 is 2.15. The van der Waals surface area contributed by atoms with Crippen LogP contribution in [-0.2, 0) is 6.54 Å². The third-order valence-electron chi connectivity index (χ3n) is 3.61. The van der Waals surface area contributed by atoms with E-state index in [-0.39, 0.29) is 0 Å². The third-order valence-corrected chi connectivity index (χ3v) is 4.97. The maximum Gasteiger partial charge on any atom is 0.0543 e. The number of hydrogen-bond acceptors (Lipinski definition) is 4. The van der Waals surface area contributed by atoms with E-state index in [4.69, 9.17) is 0 Å². The van der Waals surface area contributed by atoms with Crippen molar-refractivity contribution in [3.8, 4) is 0 Å². The molecule has 0 bridgehead atoms. The minimum atomic E-state index is 0.870. The Balaban J connectivity index is 1.67. The smallest absolute Gasteiger partial charge is 0.0543 e. The Morgan fingerprint density at radius 2 is 2.21 bits per heavy atom. The average molecular weight is 279 g/mol. The quantitative estimate of drug-likeness (QED) is 0.829. The summed E-state index contributed by atoms with van der Waals surface area (Å²) in [5.74, 6) is 1.24. The molecule has 0 aliphatic carbocycles. The van der Waals surface area contributed by atoms with E-state index in [1.165, 1.54) is 43.9 Å². The van der Waals surface area contributed by atoms with E-state index in [0.29, 0.717) is 0 Å². The predicted octanol–water partition coefficient (Wildman–Crippen LogP) is 2.39. The summed E-state index contributed by atoms with van der Waals surface area (Å²) in [6, 6.07) is 6.16. The molecule has 1 aromatic rings. The van der Waals surface area contributed by atoms with E-state index in [2.05, 4.69) is 46.0 Å². The minimum Gasteiger partial charge on any atom is -0.317 e. The molecule has 0 amide bonds. The second kappa shape index (κ2) is 8.56. The van der Waals surface area contributed by atoms with Gasteiger partial charge in [-0.25, -0.2) is 0 Å². The first-order chi connectivity index (χ1) is 9.38. The van der Waals surface area contributed by atoms with Crippen molar-refractivity contribution in [3.05, 3.63) is 30.1 Å². The van der Waals surface area contributed by atoms with Gasteiger partial charge < -0.3 is 5.32 Å². The first kappa shape index (κ1) is 14.8. The van der Waals surface area contributed by atoms with Crippen molar-refractivity contribution in [2.75, 3.05) is 31.9 Å². The summed E-state index contributed by atoms with van der Waals surface area (Å²) in [7, 11) is 0. The molecule has 0 spiro atoms. The van der Waals surface area contributed by atoms with Crippen molar-refractivity contribution in [2.45, 2.75) is 31.6 Å². The highest BCUT2D eigenvalue weighted by Gasteiger charge is 2.13. The number of piperidine rings is 1. The first-order valence-corrected chi connectivity index (χ1v) is 8.38. The van der Waals surface area contributed by atoms with Crippen LogP contribution in [0.3, 0.4) is 0 Å². The summed E-state index contributed by atoms with van der Waals surface area (Å²) in [4.78, 5) is 6.89. The lowest BCUT2D eigenvalue weighted by Crippen LogP contribution is -2.31. The second-order valence-electron chi connectivity index (χ2n) is 5.01. The van der Waals surface area contributed by atoms with Gasteiger partial charge in [-0.3, -0.25) is 9.88 Å². The van der Waals surface area contributed by atoms with E-state index in [9.17, 15) is 0 Å². The highest BCUT2D eigenvalue weighted by molar-refractivity contribution is 7.99. The van der Waals surface area contributed by atoms with Crippen molar-refractivity contribution >= 4 is 11.8 Å². The van der Waals surface area contributed by atoms with Gasteiger partial charge in [0.1, 0.15) is 0 Å². The average Bonchev–Trinajstić information content (AvgIpc) is 2.48. The van der Waals surface area contributed by atoms with Crippen molar-refractivity contribution in [2.24, 2.45) is 0 Å². The Morgan fingerprint density at radius 1 is 1.37 bits per heavy atom. The monoisotopic (exact) mass is 279 g/mol. The molecular weight excluding hydrogens is 254 g/mol. The Kier molecular flexibility index (Phi) is 6.68. The standard InChI is InChI=1S/C15H25N3S/c1-2-18(13-14-5-3-4-8-17-14)11-12-19-15-6-9-16-10-7-15/h3-5,8,15-16H,2,6-7,9-13H2,1H3. The highest BCUT2D eigenvalue weighted by Crippen LogP contribution is 2.20. The fraction of sp³-hybridized carbons (Fsp3) is 0.667. The lowest BCUT2D eigenvalue weighted by molar-refractivity contribution is 0.294. The molecule has 2 heterocycles. The van der Waals surface area contributed by atoms with Crippen molar-refractivity contribution < 1.29 is 0 Å². The van der Waals surface area contributed by atoms with E-state index >= 15 is 0 Å². The molecule has 1 aromatic heterocycles. The van der Waals surface area contributed by atoms with Crippen LogP contribution in [0, 0.1) is 0 Å². The topological polar surface area (TPSA) is 28.2 Å². The number of nitrogens with one attached hydrogen (secondary N) is 1. The normalized spacial score (nSPS) is 16.9. The third kappa shape index (κ3) is 5.51. The van der Waals surface area contributed by atoms with E-state index in [1.807, 2.05) is 12.3 Å². The number of aromatic nitrogens is 1. The molecule has 1 N–H and O–H groups in total. The molecule has 4 heteroatoms. The number of pyridine rings is 1. The predicted molar refractivity (Wildman–Crippen MR) is 83.5 cm³/mol. The van der Waals surface area contributed by atoms with Gasteiger partial charge in [-0.15, -0.1) is 0 Å². The maximum atomic E-state index is 4.41. The lowest BCUT2D eigenvalue weighted by Gasteiger charge is -2.24. The fourth-order valence-electron chi connectivity index (χ4n) is 2.38. The molecule has 1 aliphatic heterocycles. The number of thioether (sulfide) groups is 1. The highest BCUT2D eigenvalue weighted by atomic mass is 32.2. The Morgan fingerprint density at radius 3 is 2.89 bits per heavy atom. The summed E-state index contributed by atoms with van der Waals surface area (Å²) in [6.07, 6.45) is 4.54. The van der Waals surface area contributed by atoms with Crippen LogP contribution < -0.4 is 5.32 Å². The van der Waals surface area contributed by atoms with Crippen molar-refractivity contribution in [3.63, 3.8) is 0 Å². The van der Waals surface area contributed by atoms with Gasteiger partial charge in [0, 0.05) is 30.3 Å². The molecule has 1 saturated heterocycles. The SMILES string of the molecule is CCN(CCSC1CCNCC1)Cc1ccccn1. The Hall–Kier alpha value is -0.580. The molecule has 106 valence electrons. The Labute approximate surface area is 121 Å². The van der Waals surface area contributed by atoms with Gasteiger partial charge in [0.15, 0.2) is 0 Å². The van der Waals surface area contributed by atoms with Gasteiger partial charge in [0.25, 0.3) is 0 Å². The molecule has 1 fully saturated rings. The van der Waals surface area contributed by atoms with Crippen LogP contribution in [0.15, 0.2) is 24.4 Å². The van der Waals surface area contributed by atoms with Gasteiger partial charge >= 0.3 is 0 Å². The summed E-state index contributed by atoms with van der Waals surface area (Å²) in [5.41, 5.74) is 1.18. The molecule has 0 atom stereocenters. The van der Waals surface area contributed by atoms with Gasteiger partial charge in [-0.2, -0.15) is 11.8 Å². The van der Waals surface area contributed by atoms with Crippen LogP contribution >= 0.6 is 11.8 Å². The molecule has 0 radical (unpaired) electrons. The zero-order chi connectivity index (χ0) is 13.3. The van der Waals surface area contributed by atoms with Crippen LogP contribution in [-0.4, -0.2) is 47.1 Å². The van der Waals surface area contributed by atoms with Gasteiger partial charge in [0.2, 0.25) is 0 Å². The Bertz CT molecular complexity index is 339. The van der Waals surface area contributed by atoms with Crippen molar-refractivity contribution in [1.82, 2.24) is 15.2 Å². The lowest BCUT2D eigenvalue weighted by atomic mass is 10.2. The molecule has 19 heavy (non-hydrogen) atoms. The van der Waals surface area contributed by atoms with Gasteiger partial charge in [-0.1, -0.05) is 13.0 Å². The van der Waals surface area contributed by atoms with E-state index in [0.717, 1.165) is 18.3 Å². The van der Waals surface area contributed by atoms with Crippen molar-refractivity contribution in [1.29, 1.82) is 0 Å². The zero-order valence-electron chi connectivity index (χ0n) is 11.8. The molecule has 2 rings (SSSR count). The molecular formula is C15H25N3S. The van der Waals surface area contributed by atoms with Crippen LogP contribution in [0.1, 0.15) is 25.5 Å². The van der Waals surface area contributed by atoms with E-state index < -0.39 is 0 Å². The van der Waals surface area contributed by atoms with Crippen LogP contribution in [0.25, 0.3) is 0 Å². The summed E-state index contributed by atoms with van der Waals surface area (Å²) in [6.45, 7) is 7.87. The summed E-state index contributed by atoms with van der Waals surface area (Å²) in [5, 5.41) is 4.30. The molecule has 0 unspecified atom stereocenters. The molecule has 1 aliphatic rings. The van der Waals surface area contributed by atoms with Crippen LogP contribution in [0.4, 0.5) is 0 Å². The fourth-order valence-corrected chi connectivity index (χ4v) is 3.65. The van der Waals surface area contributed by atoms with Gasteiger partial charge in [-0.05, 0) is 44.6 Å². The number of hydrogen-bond donors (Lipinski definition) is 1. The van der Waals surface area contributed by atoms with Crippen LogP contribution in [0.5, 0.6) is 0 Å².